The van der Waals surface area contributed by atoms with E-state index in [0.717, 1.165) is 0 Å². The molecule has 0 aliphatic heterocycles. The van der Waals surface area contributed by atoms with Gasteiger partial charge in [-0.05, 0) is 41.9 Å². The molecular formula is C17H23NSi. The summed E-state index contributed by atoms with van der Waals surface area (Å²) in [6, 6.07) is 9.39. The molecule has 100 valence electrons. The first-order chi connectivity index (χ1) is 8.91. The monoisotopic (exact) mass is 269 g/mol. The fraction of sp³-hybridized carbons (Fsp3) is 0.412. The quantitative estimate of drug-likeness (QED) is 0.722. The van der Waals surface area contributed by atoms with Gasteiger partial charge in [-0.1, -0.05) is 56.1 Å². The van der Waals surface area contributed by atoms with Crippen molar-refractivity contribution in [1.82, 2.24) is 4.90 Å². The van der Waals surface area contributed by atoms with Crippen molar-refractivity contribution in [2.24, 2.45) is 0 Å². The lowest BCUT2D eigenvalue weighted by molar-refractivity contribution is 0.338. The smallest absolute Gasteiger partial charge is 0.0574 e. The van der Waals surface area contributed by atoms with Gasteiger partial charge in [0.25, 0.3) is 0 Å². The van der Waals surface area contributed by atoms with E-state index in [1.807, 2.05) is 0 Å². The van der Waals surface area contributed by atoms with E-state index in [1.165, 1.54) is 16.7 Å². The lowest BCUT2D eigenvalue weighted by Gasteiger charge is -2.33. The predicted molar refractivity (Wildman–Crippen MR) is 86.0 cm³/mol. The molecule has 1 aromatic carbocycles. The highest BCUT2D eigenvalue weighted by atomic mass is 28.3. The summed E-state index contributed by atoms with van der Waals surface area (Å²) < 4.78 is 0. The van der Waals surface area contributed by atoms with E-state index in [2.05, 4.69) is 75.1 Å². The highest BCUT2D eigenvalue weighted by Crippen LogP contribution is 2.54. The normalized spacial score (nSPS) is 25.2. The first-order valence-corrected chi connectivity index (χ1v) is 10.7. The van der Waals surface area contributed by atoms with Crippen LogP contribution in [0.5, 0.6) is 0 Å². The van der Waals surface area contributed by atoms with Crippen molar-refractivity contribution >= 4 is 13.6 Å². The molecule has 2 aliphatic rings. The second-order valence-corrected chi connectivity index (χ2v) is 12.4. The lowest BCUT2D eigenvalue weighted by atomic mass is 10.0. The molecule has 0 saturated heterocycles. The molecule has 3 rings (SSSR count). The first kappa shape index (κ1) is 12.9. The van der Waals surface area contributed by atoms with Crippen molar-refractivity contribution in [3.05, 3.63) is 53.1 Å². The van der Waals surface area contributed by atoms with Gasteiger partial charge in [0.05, 0.1) is 14.1 Å². The fourth-order valence-electron chi connectivity index (χ4n) is 3.58. The Hall–Kier alpha value is -1.12. The Bertz CT molecular complexity index is 575. The van der Waals surface area contributed by atoms with Crippen molar-refractivity contribution in [3.8, 4) is 0 Å². The summed E-state index contributed by atoms with van der Waals surface area (Å²) in [5.74, 6) is 0. The number of rotatable bonds is 2. The van der Waals surface area contributed by atoms with Gasteiger partial charge in [-0.25, -0.2) is 0 Å². The maximum atomic E-state index is 2.48. The average molecular weight is 269 g/mol. The van der Waals surface area contributed by atoms with Crippen LogP contribution in [-0.2, 0) is 0 Å². The van der Waals surface area contributed by atoms with E-state index in [4.69, 9.17) is 0 Å². The van der Waals surface area contributed by atoms with Gasteiger partial charge < -0.3 is 0 Å². The number of hydrogen-bond acceptors (Lipinski definition) is 1. The van der Waals surface area contributed by atoms with E-state index in [-0.39, 0.29) is 0 Å². The van der Waals surface area contributed by atoms with Gasteiger partial charge in [0.2, 0.25) is 0 Å². The number of fused-ring (bicyclic) bond motifs is 2. The molecule has 19 heavy (non-hydrogen) atoms. The van der Waals surface area contributed by atoms with Crippen molar-refractivity contribution < 1.29 is 0 Å². The third kappa shape index (κ3) is 1.85. The zero-order valence-electron chi connectivity index (χ0n) is 12.6. The van der Waals surface area contributed by atoms with Crippen LogP contribution < -0.4 is 0 Å². The highest BCUT2D eigenvalue weighted by molar-refractivity contribution is 6.79. The van der Waals surface area contributed by atoms with Crippen LogP contribution in [-0.4, -0.2) is 27.1 Å². The molecule has 2 aliphatic carbocycles. The predicted octanol–water partition coefficient (Wildman–Crippen LogP) is 4.33. The maximum absolute atomic E-state index is 2.48. The Balaban J connectivity index is 2.17. The van der Waals surface area contributed by atoms with E-state index in [0.29, 0.717) is 11.6 Å². The van der Waals surface area contributed by atoms with Gasteiger partial charge in [0.15, 0.2) is 0 Å². The third-order valence-corrected chi connectivity index (χ3v) is 6.76. The van der Waals surface area contributed by atoms with Gasteiger partial charge >= 0.3 is 0 Å². The molecule has 2 atom stereocenters. The number of benzene rings is 1. The Morgan fingerprint density at radius 2 is 1.74 bits per heavy atom. The van der Waals surface area contributed by atoms with Crippen molar-refractivity contribution in [1.29, 1.82) is 0 Å². The molecule has 0 spiro atoms. The first-order valence-electron chi connectivity index (χ1n) is 7.09. The standard InChI is InChI=1S/C17H23NSi/c1-18(2)17-14-9-7-6-8-12(14)13-10-11-15(16(13)17)19(3,4)5/h6-11,15,17H,1-5H3/t15?,17-/m1/s1. The topological polar surface area (TPSA) is 3.24 Å². The van der Waals surface area contributed by atoms with Crippen LogP contribution >= 0.6 is 0 Å². The summed E-state index contributed by atoms with van der Waals surface area (Å²) in [4.78, 5) is 2.38. The van der Waals surface area contributed by atoms with Crippen LogP contribution in [0.4, 0.5) is 0 Å². The third-order valence-electron chi connectivity index (χ3n) is 4.39. The van der Waals surface area contributed by atoms with Crippen LogP contribution in [0.2, 0.25) is 25.2 Å². The van der Waals surface area contributed by atoms with Gasteiger partial charge in [0, 0.05) is 0 Å². The molecule has 0 bridgehead atoms. The average Bonchev–Trinajstić information content (AvgIpc) is 2.84. The molecule has 0 aromatic heterocycles. The molecular weight excluding hydrogens is 246 g/mol. The molecule has 1 aromatic rings. The minimum absolute atomic E-state index is 0.470. The second kappa shape index (κ2) is 4.19. The van der Waals surface area contributed by atoms with E-state index < -0.39 is 8.07 Å². The number of allylic oxidation sites excluding steroid dienone is 3. The van der Waals surface area contributed by atoms with Crippen molar-refractivity contribution in [2.75, 3.05) is 14.1 Å². The SMILES string of the molecule is CN(C)[C@H]1C2=C(C=CC2[Si](C)(C)C)c2ccccc21. The molecule has 0 fully saturated rings. The van der Waals surface area contributed by atoms with E-state index in [9.17, 15) is 0 Å². The van der Waals surface area contributed by atoms with Crippen molar-refractivity contribution in [2.45, 2.75) is 31.2 Å². The minimum Gasteiger partial charge on any atom is -0.299 e. The van der Waals surface area contributed by atoms with Crippen LogP contribution in [0, 0.1) is 0 Å². The summed E-state index contributed by atoms with van der Waals surface area (Å²) in [7, 11) is 3.20. The van der Waals surface area contributed by atoms with Gasteiger partial charge in [0.1, 0.15) is 0 Å². The van der Waals surface area contributed by atoms with Crippen LogP contribution in [0.15, 0.2) is 42.0 Å². The Kier molecular flexibility index (Phi) is 2.84. The summed E-state index contributed by atoms with van der Waals surface area (Å²) in [5, 5.41) is 0. The maximum Gasteiger partial charge on any atom is 0.0574 e. The fourth-order valence-corrected chi connectivity index (χ4v) is 5.50. The molecule has 1 unspecified atom stereocenters. The Morgan fingerprint density at radius 3 is 2.37 bits per heavy atom. The number of hydrogen-bond donors (Lipinski definition) is 0. The second-order valence-electron chi connectivity index (χ2n) is 7.03. The van der Waals surface area contributed by atoms with E-state index in [1.54, 1.807) is 5.57 Å². The van der Waals surface area contributed by atoms with Gasteiger partial charge in [-0.15, -0.1) is 0 Å². The van der Waals surface area contributed by atoms with Gasteiger partial charge in [-0.3, -0.25) is 4.90 Å². The zero-order chi connectivity index (χ0) is 13.8. The number of likely N-dealkylation sites (N-methyl/N-ethyl adjacent to an activating group) is 1. The largest absolute Gasteiger partial charge is 0.299 e. The molecule has 0 saturated carbocycles. The summed E-state index contributed by atoms with van der Waals surface area (Å²) >= 11 is 0. The molecule has 0 amide bonds. The van der Waals surface area contributed by atoms with Crippen LogP contribution in [0.1, 0.15) is 17.2 Å². The highest BCUT2D eigenvalue weighted by Gasteiger charge is 2.42. The summed E-state index contributed by atoms with van der Waals surface area (Å²) in [6.45, 7) is 7.44. The molecule has 0 radical (unpaired) electrons. The van der Waals surface area contributed by atoms with Crippen LogP contribution in [0.25, 0.3) is 5.57 Å². The molecule has 2 heteroatoms. The molecule has 1 nitrogen and oxygen atoms in total. The van der Waals surface area contributed by atoms with E-state index >= 15 is 0 Å². The zero-order valence-corrected chi connectivity index (χ0v) is 13.6. The molecule has 0 N–H and O–H groups in total. The summed E-state index contributed by atoms with van der Waals surface area (Å²) in [6.07, 6.45) is 4.84. The number of nitrogens with zero attached hydrogens (tertiary/aromatic N) is 1. The van der Waals surface area contributed by atoms with Crippen LogP contribution in [0.3, 0.4) is 0 Å². The van der Waals surface area contributed by atoms with Crippen molar-refractivity contribution in [3.63, 3.8) is 0 Å². The van der Waals surface area contributed by atoms with Gasteiger partial charge in [-0.2, -0.15) is 0 Å². The Morgan fingerprint density at radius 1 is 1.05 bits per heavy atom. The summed E-state index contributed by atoms with van der Waals surface area (Å²) in [5.41, 5.74) is 6.78. The molecule has 0 heterocycles. The lowest BCUT2D eigenvalue weighted by Crippen LogP contribution is -2.31. The minimum atomic E-state index is -1.21. The Labute approximate surface area is 117 Å².